The monoisotopic (exact) mass is 269 g/mol. The highest BCUT2D eigenvalue weighted by Gasteiger charge is 2.35. The van der Waals surface area contributed by atoms with Crippen LogP contribution in [0.4, 0.5) is 8.78 Å². The van der Waals surface area contributed by atoms with Crippen LogP contribution in [0, 0.1) is 11.6 Å². The molecule has 0 aliphatic heterocycles. The van der Waals surface area contributed by atoms with E-state index >= 15 is 0 Å². The minimum Gasteiger partial charge on any atom is -0.388 e. The first-order valence-corrected chi connectivity index (χ1v) is 6.37. The fraction of sp³-hybridized carbons (Fsp3) is 0.500. The smallest absolute Gasteiger partial charge is 0.227 e. The van der Waals surface area contributed by atoms with Gasteiger partial charge in [-0.05, 0) is 38.3 Å². The van der Waals surface area contributed by atoms with E-state index in [2.05, 4.69) is 5.32 Å². The molecule has 0 saturated heterocycles. The van der Waals surface area contributed by atoms with Gasteiger partial charge in [0.05, 0.1) is 11.5 Å². The molecule has 0 aromatic heterocycles. The van der Waals surface area contributed by atoms with Gasteiger partial charge in [0.15, 0.2) is 0 Å². The molecule has 5 heteroatoms. The molecule has 3 nitrogen and oxygen atoms in total. The summed E-state index contributed by atoms with van der Waals surface area (Å²) in [5, 5.41) is 12.4. The second-order valence-corrected chi connectivity index (χ2v) is 5.15. The van der Waals surface area contributed by atoms with Crippen molar-refractivity contribution >= 4 is 5.91 Å². The number of halogens is 2. The molecule has 1 aromatic carbocycles. The van der Waals surface area contributed by atoms with Crippen molar-refractivity contribution in [2.24, 2.45) is 0 Å². The van der Waals surface area contributed by atoms with Crippen LogP contribution in [-0.4, -0.2) is 23.2 Å². The standard InChI is InChI=1S/C14H17F2NO2/c1-9(12-10(15)4-2-5-11(12)16)13(18)17-8-14(19)6-3-7-14/h2,4-5,9,19H,3,6-8H2,1H3,(H,17,18). The molecular formula is C14H17F2NO2. The van der Waals surface area contributed by atoms with Gasteiger partial charge < -0.3 is 10.4 Å². The molecule has 1 saturated carbocycles. The summed E-state index contributed by atoms with van der Waals surface area (Å²) in [6.45, 7) is 1.58. The van der Waals surface area contributed by atoms with Crippen molar-refractivity contribution in [3.05, 3.63) is 35.4 Å². The first-order chi connectivity index (χ1) is 8.93. The molecule has 0 heterocycles. The number of benzene rings is 1. The lowest BCUT2D eigenvalue weighted by atomic mass is 9.80. The summed E-state index contributed by atoms with van der Waals surface area (Å²) < 4.78 is 27.1. The normalized spacial score (nSPS) is 18.5. The maximum absolute atomic E-state index is 13.5. The molecule has 2 N–H and O–H groups in total. The quantitative estimate of drug-likeness (QED) is 0.879. The van der Waals surface area contributed by atoms with Gasteiger partial charge in [-0.15, -0.1) is 0 Å². The molecule has 1 unspecified atom stereocenters. The Hall–Kier alpha value is -1.49. The van der Waals surface area contributed by atoms with Crippen LogP contribution in [-0.2, 0) is 4.79 Å². The molecule has 104 valence electrons. The van der Waals surface area contributed by atoms with Crippen molar-refractivity contribution < 1.29 is 18.7 Å². The highest BCUT2D eigenvalue weighted by molar-refractivity contribution is 5.83. The lowest BCUT2D eigenvalue weighted by Crippen LogP contribution is -2.48. The zero-order valence-corrected chi connectivity index (χ0v) is 10.7. The van der Waals surface area contributed by atoms with Crippen molar-refractivity contribution in [2.75, 3.05) is 6.54 Å². The Balaban J connectivity index is 2.02. The van der Waals surface area contributed by atoms with Gasteiger partial charge in [0.1, 0.15) is 11.6 Å². The highest BCUT2D eigenvalue weighted by Crippen LogP contribution is 2.31. The SMILES string of the molecule is CC(C(=O)NCC1(O)CCC1)c1c(F)cccc1F. The first-order valence-electron chi connectivity index (χ1n) is 6.37. The van der Waals surface area contributed by atoms with Crippen LogP contribution in [0.15, 0.2) is 18.2 Å². The number of nitrogens with one attached hydrogen (secondary N) is 1. The van der Waals surface area contributed by atoms with E-state index in [9.17, 15) is 18.7 Å². The number of carbonyl (C=O) groups excluding carboxylic acids is 1. The molecule has 0 radical (unpaired) electrons. The second-order valence-electron chi connectivity index (χ2n) is 5.15. The van der Waals surface area contributed by atoms with Crippen molar-refractivity contribution in [2.45, 2.75) is 37.7 Å². The summed E-state index contributed by atoms with van der Waals surface area (Å²) in [5.74, 6) is -2.87. The van der Waals surface area contributed by atoms with E-state index in [0.717, 1.165) is 18.6 Å². The molecular weight excluding hydrogens is 252 g/mol. The Morgan fingerprint density at radius 2 is 2.00 bits per heavy atom. The summed E-state index contributed by atoms with van der Waals surface area (Å²) in [6.07, 6.45) is 2.23. The van der Waals surface area contributed by atoms with E-state index in [-0.39, 0.29) is 12.1 Å². The van der Waals surface area contributed by atoms with Crippen LogP contribution in [0.25, 0.3) is 0 Å². The zero-order valence-electron chi connectivity index (χ0n) is 10.7. The molecule has 1 fully saturated rings. The highest BCUT2D eigenvalue weighted by atomic mass is 19.1. The van der Waals surface area contributed by atoms with Crippen LogP contribution in [0.2, 0.25) is 0 Å². The molecule has 1 aliphatic rings. The fourth-order valence-electron chi connectivity index (χ4n) is 2.22. The molecule has 0 bridgehead atoms. The maximum atomic E-state index is 13.5. The number of hydrogen-bond acceptors (Lipinski definition) is 2. The Morgan fingerprint density at radius 3 is 2.47 bits per heavy atom. The van der Waals surface area contributed by atoms with Crippen molar-refractivity contribution in [1.82, 2.24) is 5.32 Å². The van der Waals surface area contributed by atoms with Crippen LogP contribution < -0.4 is 5.32 Å². The summed E-state index contributed by atoms with van der Waals surface area (Å²) in [4.78, 5) is 11.9. The van der Waals surface area contributed by atoms with E-state index in [1.54, 1.807) is 0 Å². The Morgan fingerprint density at radius 1 is 1.42 bits per heavy atom. The third-order valence-corrected chi connectivity index (χ3v) is 3.70. The summed E-state index contributed by atoms with van der Waals surface area (Å²) >= 11 is 0. The average Bonchev–Trinajstić information content (AvgIpc) is 2.33. The van der Waals surface area contributed by atoms with E-state index in [1.165, 1.54) is 13.0 Å². The first kappa shape index (κ1) is 13.9. The molecule has 0 spiro atoms. The predicted octanol–water partition coefficient (Wildman–Crippen LogP) is 2.10. The van der Waals surface area contributed by atoms with E-state index in [1.807, 2.05) is 0 Å². The lowest BCUT2D eigenvalue weighted by Gasteiger charge is -2.36. The predicted molar refractivity (Wildman–Crippen MR) is 66.6 cm³/mol. The van der Waals surface area contributed by atoms with E-state index in [0.29, 0.717) is 12.8 Å². The Labute approximate surface area is 110 Å². The zero-order chi connectivity index (χ0) is 14.0. The van der Waals surface area contributed by atoms with Crippen LogP contribution in [0.5, 0.6) is 0 Å². The Kier molecular flexibility index (Phi) is 3.85. The van der Waals surface area contributed by atoms with Crippen LogP contribution >= 0.6 is 0 Å². The molecule has 1 amide bonds. The molecule has 2 rings (SSSR count). The summed E-state index contributed by atoms with van der Waals surface area (Å²) in [7, 11) is 0. The van der Waals surface area contributed by atoms with E-state index < -0.39 is 29.1 Å². The summed E-state index contributed by atoms with van der Waals surface area (Å²) in [5.41, 5.74) is -1.08. The number of hydrogen-bond donors (Lipinski definition) is 2. The van der Waals surface area contributed by atoms with Crippen LogP contribution in [0.3, 0.4) is 0 Å². The third-order valence-electron chi connectivity index (χ3n) is 3.70. The molecule has 1 aliphatic carbocycles. The minimum atomic E-state index is -0.926. The average molecular weight is 269 g/mol. The third kappa shape index (κ3) is 2.92. The number of rotatable bonds is 4. The van der Waals surface area contributed by atoms with Crippen LogP contribution in [0.1, 0.15) is 37.7 Å². The van der Waals surface area contributed by atoms with Gasteiger partial charge in [0.25, 0.3) is 0 Å². The fourth-order valence-corrected chi connectivity index (χ4v) is 2.22. The molecule has 1 aromatic rings. The number of amides is 1. The topological polar surface area (TPSA) is 49.3 Å². The molecule has 1 atom stereocenters. The lowest BCUT2D eigenvalue weighted by molar-refractivity contribution is -0.124. The van der Waals surface area contributed by atoms with Crippen molar-refractivity contribution in [1.29, 1.82) is 0 Å². The minimum absolute atomic E-state index is 0.131. The van der Waals surface area contributed by atoms with E-state index in [4.69, 9.17) is 0 Å². The van der Waals surface area contributed by atoms with Crippen molar-refractivity contribution in [3.63, 3.8) is 0 Å². The maximum Gasteiger partial charge on any atom is 0.227 e. The number of aliphatic hydroxyl groups is 1. The van der Waals surface area contributed by atoms with Gasteiger partial charge >= 0.3 is 0 Å². The second kappa shape index (κ2) is 5.25. The van der Waals surface area contributed by atoms with Gasteiger partial charge in [-0.1, -0.05) is 6.07 Å². The number of carbonyl (C=O) groups is 1. The summed E-state index contributed by atoms with van der Waals surface area (Å²) in [6, 6.07) is 3.51. The van der Waals surface area contributed by atoms with Gasteiger partial charge in [-0.3, -0.25) is 4.79 Å². The molecule has 19 heavy (non-hydrogen) atoms. The van der Waals surface area contributed by atoms with Gasteiger partial charge in [-0.2, -0.15) is 0 Å². The van der Waals surface area contributed by atoms with Gasteiger partial charge in [0, 0.05) is 12.1 Å². The Bertz CT molecular complexity index is 466. The van der Waals surface area contributed by atoms with Gasteiger partial charge in [-0.25, -0.2) is 8.78 Å². The van der Waals surface area contributed by atoms with Crippen molar-refractivity contribution in [3.8, 4) is 0 Å². The van der Waals surface area contributed by atoms with Gasteiger partial charge in [0.2, 0.25) is 5.91 Å². The largest absolute Gasteiger partial charge is 0.388 e.